The molecule has 1 aromatic heterocycles. The SMILES string of the molecule is Cc1ccnc(N2CCC[C@@]3(CCN(C4CCC(O)CC4)C3=O)C2)c1F. The first-order chi connectivity index (χ1) is 12.5. The molecule has 26 heavy (non-hydrogen) atoms. The summed E-state index contributed by atoms with van der Waals surface area (Å²) in [6, 6.07) is 1.94. The normalized spacial score (nSPS) is 32.5. The largest absolute Gasteiger partial charge is 0.393 e. The van der Waals surface area contributed by atoms with E-state index in [1.54, 1.807) is 19.2 Å². The molecule has 1 aliphatic carbocycles. The van der Waals surface area contributed by atoms with Gasteiger partial charge in [-0.3, -0.25) is 4.79 Å². The molecule has 3 aliphatic rings. The maximum Gasteiger partial charge on any atom is 0.230 e. The molecule has 1 atom stereocenters. The van der Waals surface area contributed by atoms with Gasteiger partial charge >= 0.3 is 0 Å². The molecule has 3 heterocycles. The molecular formula is C20H28FN3O2. The fourth-order valence-electron chi connectivity index (χ4n) is 5.00. The van der Waals surface area contributed by atoms with Crippen molar-refractivity contribution >= 4 is 11.7 Å². The standard InChI is InChI=1S/C20H28FN3O2/c1-14-7-10-22-18(17(14)21)23-11-2-8-20(13-23)9-12-24(19(20)26)15-3-5-16(25)6-4-15/h7,10,15-16,25H,2-6,8-9,11-13H2,1H3/t15?,16?,20-/m1/s1. The number of carbonyl (C=O) groups excluding carboxylic acids is 1. The summed E-state index contributed by atoms with van der Waals surface area (Å²) in [6.45, 7) is 3.85. The lowest BCUT2D eigenvalue weighted by Crippen LogP contribution is -2.50. The van der Waals surface area contributed by atoms with Gasteiger partial charge in [0.05, 0.1) is 11.5 Å². The van der Waals surface area contributed by atoms with Crippen molar-refractivity contribution in [2.24, 2.45) is 5.41 Å². The molecule has 0 radical (unpaired) electrons. The van der Waals surface area contributed by atoms with Crippen LogP contribution in [0.1, 0.15) is 50.5 Å². The van der Waals surface area contributed by atoms with E-state index in [9.17, 15) is 14.3 Å². The third kappa shape index (κ3) is 2.98. The van der Waals surface area contributed by atoms with Crippen LogP contribution in [0.3, 0.4) is 0 Å². The lowest BCUT2D eigenvalue weighted by atomic mass is 9.78. The molecule has 142 valence electrons. The number of piperidine rings is 1. The van der Waals surface area contributed by atoms with Crippen molar-refractivity contribution in [1.82, 2.24) is 9.88 Å². The summed E-state index contributed by atoms with van der Waals surface area (Å²) in [7, 11) is 0. The Kier molecular flexibility index (Phi) is 4.63. The summed E-state index contributed by atoms with van der Waals surface area (Å²) < 4.78 is 14.5. The van der Waals surface area contributed by atoms with E-state index in [0.717, 1.165) is 58.0 Å². The smallest absolute Gasteiger partial charge is 0.230 e. The van der Waals surface area contributed by atoms with E-state index >= 15 is 0 Å². The number of amides is 1. The van der Waals surface area contributed by atoms with Crippen LogP contribution >= 0.6 is 0 Å². The van der Waals surface area contributed by atoms with E-state index in [2.05, 4.69) is 9.88 Å². The Morgan fingerprint density at radius 1 is 1.23 bits per heavy atom. The average molecular weight is 361 g/mol. The highest BCUT2D eigenvalue weighted by atomic mass is 19.1. The maximum atomic E-state index is 14.5. The van der Waals surface area contributed by atoms with Crippen LogP contribution in [0.25, 0.3) is 0 Å². The third-order valence-corrected chi connectivity index (χ3v) is 6.59. The molecular weight excluding hydrogens is 333 g/mol. The molecule has 1 amide bonds. The summed E-state index contributed by atoms with van der Waals surface area (Å²) in [4.78, 5) is 21.6. The van der Waals surface area contributed by atoms with Gasteiger partial charge < -0.3 is 14.9 Å². The number of rotatable bonds is 2. The van der Waals surface area contributed by atoms with Gasteiger partial charge in [0.2, 0.25) is 5.91 Å². The maximum absolute atomic E-state index is 14.5. The summed E-state index contributed by atoms with van der Waals surface area (Å²) in [5.41, 5.74) is 0.196. The second-order valence-corrected chi connectivity index (χ2v) is 8.28. The highest BCUT2D eigenvalue weighted by Gasteiger charge is 2.51. The van der Waals surface area contributed by atoms with Gasteiger partial charge in [0.1, 0.15) is 0 Å². The predicted molar refractivity (Wildman–Crippen MR) is 97.4 cm³/mol. The Morgan fingerprint density at radius 3 is 2.77 bits per heavy atom. The van der Waals surface area contributed by atoms with Gasteiger partial charge in [0.25, 0.3) is 0 Å². The van der Waals surface area contributed by atoms with Crippen molar-refractivity contribution in [2.75, 3.05) is 24.5 Å². The van der Waals surface area contributed by atoms with E-state index in [-0.39, 0.29) is 23.9 Å². The molecule has 0 unspecified atom stereocenters. The minimum Gasteiger partial charge on any atom is -0.393 e. The average Bonchev–Trinajstić information content (AvgIpc) is 2.94. The first-order valence-electron chi connectivity index (χ1n) is 9.85. The zero-order valence-electron chi connectivity index (χ0n) is 15.5. The molecule has 4 rings (SSSR count). The molecule has 1 aromatic rings. The molecule has 1 N–H and O–H groups in total. The minimum atomic E-state index is -0.397. The van der Waals surface area contributed by atoms with Crippen LogP contribution in [0, 0.1) is 18.2 Å². The van der Waals surface area contributed by atoms with Crippen molar-refractivity contribution in [3.63, 3.8) is 0 Å². The Morgan fingerprint density at radius 2 is 2.00 bits per heavy atom. The van der Waals surface area contributed by atoms with Gasteiger partial charge in [-0.05, 0) is 63.5 Å². The number of halogens is 1. The Hall–Kier alpha value is -1.69. The van der Waals surface area contributed by atoms with Crippen LogP contribution in [0.5, 0.6) is 0 Å². The number of aryl methyl sites for hydroxylation is 1. The second-order valence-electron chi connectivity index (χ2n) is 8.28. The van der Waals surface area contributed by atoms with Crippen LogP contribution in [0.15, 0.2) is 12.3 Å². The zero-order chi connectivity index (χ0) is 18.3. The Labute approximate surface area is 154 Å². The number of anilines is 1. The van der Waals surface area contributed by atoms with E-state index in [0.29, 0.717) is 17.9 Å². The van der Waals surface area contributed by atoms with E-state index in [1.165, 1.54) is 0 Å². The molecule has 1 saturated carbocycles. The number of hydrogen-bond acceptors (Lipinski definition) is 4. The molecule has 1 spiro atoms. The quantitative estimate of drug-likeness (QED) is 0.880. The van der Waals surface area contributed by atoms with E-state index in [1.807, 2.05) is 4.90 Å². The zero-order valence-corrected chi connectivity index (χ0v) is 15.5. The Bertz CT molecular complexity index is 690. The number of likely N-dealkylation sites (tertiary alicyclic amines) is 1. The van der Waals surface area contributed by atoms with E-state index in [4.69, 9.17) is 0 Å². The van der Waals surface area contributed by atoms with Gasteiger partial charge in [-0.1, -0.05) is 0 Å². The lowest BCUT2D eigenvalue weighted by Gasteiger charge is -2.41. The van der Waals surface area contributed by atoms with Crippen molar-refractivity contribution in [3.05, 3.63) is 23.6 Å². The molecule has 6 heteroatoms. The fourth-order valence-corrected chi connectivity index (χ4v) is 5.00. The summed E-state index contributed by atoms with van der Waals surface area (Å²) in [6.07, 6.45) is 7.39. The fraction of sp³-hybridized carbons (Fsp3) is 0.700. The summed E-state index contributed by atoms with van der Waals surface area (Å²) in [5, 5.41) is 9.73. The highest BCUT2D eigenvalue weighted by molar-refractivity contribution is 5.86. The van der Waals surface area contributed by atoms with E-state index < -0.39 is 5.41 Å². The van der Waals surface area contributed by atoms with Crippen LogP contribution in [-0.4, -0.2) is 52.7 Å². The molecule has 2 aliphatic heterocycles. The third-order valence-electron chi connectivity index (χ3n) is 6.59. The van der Waals surface area contributed by atoms with Crippen LogP contribution in [0.4, 0.5) is 10.2 Å². The summed E-state index contributed by atoms with van der Waals surface area (Å²) >= 11 is 0. The van der Waals surface area contributed by atoms with Crippen molar-refractivity contribution in [2.45, 2.75) is 64.0 Å². The van der Waals surface area contributed by atoms with Crippen LogP contribution in [0.2, 0.25) is 0 Å². The van der Waals surface area contributed by atoms with Crippen LogP contribution < -0.4 is 4.90 Å². The number of nitrogens with zero attached hydrogens (tertiary/aromatic N) is 3. The monoisotopic (exact) mass is 361 g/mol. The van der Waals surface area contributed by atoms with Crippen molar-refractivity contribution in [1.29, 1.82) is 0 Å². The van der Waals surface area contributed by atoms with Gasteiger partial charge in [0.15, 0.2) is 11.6 Å². The molecule has 0 aromatic carbocycles. The summed E-state index contributed by atoms with van der Waals surface area (Å²) in [5.74, 6) is 0.348. The number of aliphatic hydroxyl groups excluding tert-OH is 1. The number of aromatic nitrogens is 1. The Balaban J connectivity index is 1.52. The van der Waals surface area contributed by atoms with Gasteiger partial charge in [0, 0.05) is 31.9 Å². The van der Waals surface area contributed by atoms with Crippen molar-refractivity contribution in [3.8, 4) is 0 Å². The highest BCUT2D eigenvalue weighted by Crippen LogP contribution is 2.43. The first-order valence-corrected chi connectivity index (χ1v) is 9.85. The first kappa shape index (κ1) is 17.7. The van der Waals surface area contributed by atoms with Gasteiger partial charge in [-0.2, -0.15) is 0 Å². The lowest BCUT2D eigenvalue weighted by molar-refractivity contribution is -0.139. The molecule has 2 saturated heterocycles. The minimum absolute atomic E-state index is 0.210. The predicted octanol–water partition coefficient (Wildman–Crippen LogP) is 2.65. The number of pyridine rings is 1. The molecule has 5 nitrogen and oxygen atoms in total. The van der Waals surface area contributed by atoms with Crippen LogP contribution in [-0.2, 0) is 4.79 Å². The van der Waals surface area contributed by atoms with Gasteiger partial charge in [-0.15, -0.1) is 0 Å². The second kappa shape index (κ2) is 6.80. The van der Waals surface area contributed by atoms with Gasteiger partial charge in [-0.25, -0.2) is 9.37 Å². The molecule has 3 fully saturated rings. The molecule has 0 bridgehead atoms. The number of aliphatic hydroxyl groups is 1. The topological polar surface area (TPSA) is 56.7 Å². The van der Waals surface area contributed by atoms with Crippen molar-refractivity contribution < 1.29 is 14.3 Å². The number of carbonyl (C=O) groups is 1. The number of hydrogen-bond donors (Lipinski definition) is 1.